The fourth-order valence-corrected chi connectivity index (χ4v) is 4.33. The lowest BCUT2D eigenvalue weighted by Crippen LogP contribution is -2.35. The predicted octanol–water partition coefficient (Wildman–Crippen LogP) is 5.39. The predicted molar refractivity (Wildman–Crippen MR) is 140 cm³/mol. The lowest BCUT2D eigenvalue weighted by atomic mass is 10.1. The number of hydrazone groups is 1. The smallest absolute Gasteiger partial charge is 0.283 e. The topological polar surface area (TPSA) is 96.6 Å². The average molecular weight is 513 g/mol. The number of halogens is 1. The molecule has 0 fully saturated rings. The number of amidine groups is 2. The van der Waals surface area contributed by atoms with E-state index in [1.54, 1.807) is 37.5 Å². The molecule has 1 amide bonds. The number of thioether (sulfide) groups is 1. The van der Waals surface area contributed by atoms with Crippen LogP contribution in [-0.4, -0.2) is 47.3 Å². The quantitative estimate of drug-likeness (QED) is 0.376. The van der Waals surface area contributed by atoms with E-state index in [-0.39, 0.29) is 17.3 Å². The van der Waals surface area contributed by atoms with Crippen molar-refractivity contribution in [3.63, 3.8) is 0 Å². The second-order valence-corrected chi connectivity index (χ2v) is 9.53. The third kappa shape index (κ3) is 5.52. The number of amides is 1. The van der Waals surface area contributed by atoms with Gasteiger partial charge >= 0.3 is 0 Å². The van der Waals surface area contributed by atoms with Crippen molar-refractivity contribution in [2.24, 2.45) is 16.0 Å². The van der Waals surface area contributed by atoms with Crippen LogP contribution in [0.5, 0.6) is 17.2 Å². The number of aryl methyl sites for hydroxylation is 1. The van der Waals surface area contributed by atoms with Crippen LogP contribution in [0.2, 0.25) is 5.02 Å². The molecule has 0 spiro atoms. The molecule has 4 rings (SSSR count). The Morgan fingerprint density at radius 2 is 1.91 bits per heavy atom. The Balaban J connectivity index is 1.44. The number of aliphatic imine (C=N–C) groups is 1. The maximum absolute atomic E-state index is 12.6. The molecule has 10 heteroatoms. The third-order valence-electron chi connectivity index (χ3n) is 5.20. The summed E-state index contributed by atoms with van der Waals surface area (Å²) in [6, 6.07) is 10.8. The first-order valence-corrected chi connectivity index (χ1v) is 12.2. The number of nitrogens with zero attached hydrogens (tertiary/aromatic N) is 3. The number of benzene rings is 2. The number of carbonyl (C=O) groups is 1. The van der Waals surface area contributed by atoms with Crippen LogP contribution in [0.15, 0.2) is 52.1 Å². The fraction of sp³-hybridized carbons (Fsp3) is 0.280. The van der Waals surface area contributed by atoms with Gasteiger partial charge in [-0.3, -0.25) is 10.2 Å². The van der Waals surface area contributed by atoms with Crippen molar-refractivity contribution >= 4 is 51.4 Å². The first-order valence-electron chi connectivity index (χ1n) is 11.0. The Morgan fingerprint density at radius 1 is 1.14 bits per heavy atom. The summed E-state index contributed by atoms with van der Waals surface area (Å²) in [6.45, 7) is 6.58. The van der Waals surface area contributed by atoms with Crippen molar-refractivity contribution in [1.29, 1.82) is 5.41 Å². The molecule has 0 bridgehead atoms. The van der Waals surface area contributed by atoms with Crippen molar-refractivity contribution in [2.45, 2.75) is 20.8 Å². The molecular weight excluding hydrogens is 488 g/mol. The van der Waals surface area contributed by atoms with Gasteiger partial charge in [0.05, 0.1) is 12.7 Å². The molecule has 0 saturated carbocycles. The van der Waals surface area contributed by atoms with Crippen LogP contribution in [0.25, 0.3) is 6.08 Å². The van der Waals surface area contributed by atoms with Gasteiger partial charge in [-0.1, -0.05) is 31.5 Å². The Labute approximate surface area is 213 Å². The summed E-state index contributed by atoms with van der Waals surface area (Å²) in [5.74, 6) is 1.47. The Bertz CT molecular complexity index is 1270. The van der Waals surface area contributed by atoms with Gasteiger partial charge in [-0.15, -0.1) is 0 Å². The summed E-state index contributed by atoms with van der Waals surface area (Å²) in [5.41, 5.74) is 1.78. The molecule has 0 aromatic heterocycles. The van der Waals surface area contributed by atoms with Gasteiger partial charge in [0.2, 0.25) is 5.17 Å². The van der Waals surface area contributed by atoms with Gasteiger partial charge in [0.25, 0.3) is 5.91 Å². The molecule has 0 atom stereocenters. The number of nitrogens with one attached hydrogen (secondary N) is 1. The highest BCUT2D eigenvalue weighted by Gasteiger charge is 2.36. The van der Waals surface area contributed by atoms with E-state index in [0.717, 1.165) is 16.4 Å². The Kier molecular flexibility index (Phi) is 7.47. The third-order valence-corrected chi connectivity index (χ3v) is 6.83. The van der Waals surface area contributed by atoms with Gasteiger partial charge in [-0.05, 0) is 66.2 Å². The van der Waals surface area contributed by atoms with E-state index in [1.807, 2.05) is 32.9 Å². The second kappa shape index (κ2) is 10.5. The van der Waals surface area contributed by atoms with Gasteiger partial charge in [0.1, 0.15) is 24.0 Å². The highest BCUT2D eigenvalue weighted by Crippen LogP contribution is 2.32. The van der Waals surface area contributed by atoms with E-state index < -0.39 is 5.91 Å². The standard InChI is InChI=1S/C25H25ClN4O4S/c1-14(2)24-29-30-22(27)18(23(31)28-25(30)35-24)12-16-5-8-20(21(13-16)32-4)34-10-9-33-17-6-7-19(26)15(3)11-17/h5-8,11-14,27H,9-10H2,1-4H3. The van der Waals surface area contributed by atoms with E-state index in [1.165, 1.54) is 16.8 Å². The number of fused-ring (bicyclic) bond motifs is 1. The SMILES string of the molecule is COc1cc(C=C2C(=N)N3N=C(C(C)C)SC3=NC2=O)ccc1OCCOc1ccc(Cl)c(C)c1. The Hall–Kier alpha value is -3.30. The number of hydrogen-bond donors (Lipinski definition) is 1. The lowest BCUT2D eigenvalue weighted by Gasteiger charge is -2.20. The van der Waals surface area contributed by atoms with Crippen molar-refractivity contribution in [3.05, 3.63) is 58.1 Å². The van der Waals surface area contributed by atoms with Crippen molar-refractivity contribution in [3.8, 4) is 17.2 Å². The molecule has 2 aromatic carbocycles. The van der Waals surface area contributed by atoms with Gasteiger partial charge < -0.3 is 14.2 Å². The molecule has 0 aliphatic carbocycles. The number of ether oxygens (including phenoxy) is 3. The zero-order valence-corrected chi connectivity index (χ0v) is 21.4. The molecule has 0 saturated heterocycles. The normalized spacial score (nSPS) is 16.4. The molecule has 2 aliphatic rings. The largest absolute Gasteiger partial charge is 0.493 e. The first-order chi connectivity index (χ1) is 16.8. The van der Waals surface area contributed by atoms with Crippen LogP contribution in [0.4, 0.5) is 0 Å². The molecule has 0 unspecified atom stereocenters. The molecule has 2 heterocycles. The zero-order valence-electron chi connectivity index (χ0n) is 19.8. The molecule has 2 aromatic rings. The van der Waals surface area contributed by atoms with Crippen LogP contribution in [0.3, 0.4) is 0 Å². The monoisotopic (exact) mass is 512 g/mol. The van der Waals surface area contributed by atoms with Crippen LogP contribution in [0.1, 0.15) is 25.0 Å². The summed E-state index contributed by atoms with van der Waals surface area (Å²) in [7, 11) is 1.54. The molecule has 8 nitrogen and oxygen atoms in total. The number of rotatable bonds is 8. The van der Waals surface area contributed by atoms with E-state index in [0.29, 0.717) is 40.5 Å². The maximum atomic E-state index is 12.6. The molecule has 35 heavy (non-hydrogen) atoms. The number of methoxy groups -OCH3 is 1. The van der Waals surface area contributed by atoms with E-state index in [9.17, 15) is 4.79 Å². The molecular formula is C25H25ClN4O4S. The number of carbonyl (C=O) groups excluding carboxylic acids is 1. The second-order valence-electron chi connectivity index (χ2n) is 8.13. The minimum atomic E-state index is -0.470. The van der Waals surface area contributed by atoms with Crippen LogP contribution < -0.4 is 14.2 Å². The highest BCUT2D eigenvalue weighted by molar-refractivity contribution is 8.27. The van der Waals surface area contributed by atoms with Crippen molar-refractivity contribution in [2.75, 3.05) is 20.3 Å². The molecule has 1 N–H and O–H groups in total. The van der Waals surface area contributed by atoms with E-state index >= 15 is 0 Å². The minimum absolute atomic E-state index is 0.00275. The van der Waals surface area contributed by atoms with Gasteiger partial charge in [-0.25, -0.2) is 0 Å². The summed E-state index contributed by atoms with van der Waals surface area (Å²) in [4.78, 5) is 16.7. The molecule has 2 aliphatic heterocycles. The maximum Gasteiger partial charge on any atom is 0.283 e. The lowest BCUT2D eigenvalue weighted by molar-refractivity contribution is -0.114. The van der Waals surface area contributed by atoms with Gasteiger partial charge in [0, 0.05) is 10.9 Å². The van der Waals surface area contributed by atoms with Gasteiger partial charge in [0.15, 0.2) is 17.3 Å². The zero-order chi connectivity index (χ0) is 25.1. The summed E-state index contributed by atoms with van der Waals surface area (Å²) in [6.07, 6.45) is 1.61. The first kappa shape index (κ1) is 24.8. The van der Waals surface area contributed by atoms with Crippen molar-refractivity contribution < 1.29 is 19.0 Å². The molecule has 182 valence electrons. The van der Waals surface area contributed by atoms with Gasteiger partial charge in [-0.2, -0.15) is 15.1 Å². The average Bonchev–Trinajstić information content (AvgIpc) is 3.26. The minimum Gasteiger partial charge on any atom is -0.493 e. The summed E-state index contributed by atoms with van der Waals surface area (Å²) < 4.78 is 17.0. The van der Waals surface area contributed by atoms with Crippen molar-refractivity contribution in [1.82, 2.24) is 5.01 Å². The van der Waals surface area contributed by atoms with Crippen LogP contribution >= 0.6 is 23.4 Å². The van der Waals surface area contributed by atoms with E-state index in [4.69, 9.17) is 31.2 Å². The van der Waals surface area contributed by atoms with Crippen LogP contribution in [0, 0.1) is 18.3 Å². The summed E-state index contributed by atoms with van der Waals surface area (Å²) in [5, 5.41) is 16.3. The van der Waals surface area contributed by atoms with Crippen LogP contribution in [-0.2, 0) is 4.79 Å². The Morgan fingerprint density at radius 3 is 2.63 bits per heavy atom. The molecule has 0 radical (unpaired) electrons. The fourth-order valence-electron chi connectivity index (χ4n) is 3.32. The summed E-state index contributed by atoms with van der Waals surface area (Å²) >= 11 is 7.36. The highest BCUT2D eigenvalue weighted by atomic mass is 35.5. The van der Waals surface area contributed by atoms with E-state index in [2.05, 4.69) is 10.1 Å². The number of hydrogen-bond acceptors (Lipinski definition) is 7.